The van der Waals surface area contributed by atoms with Gasteiger partial charge in [0.15, 0.2) is 11.5 Å². The van der Waals surface area contributed by atoms with Crippen LogP contribution in [0.4, 0.5) is 20.2 Å². The average Bonchev–Trinajstić information content (AvgIpc) is 2.31. The number of benzene rings is 1. The van der Waals surface area contributed by atoms with Crippen LogP contribution >= 0.6 is 0 Å². The molecule has 1 aromatic carbocycles. The zero-order chi connectivity index (χ0) is 14.9. The molecule has 1 N–H and O–H groups in total. The van der Waals surface area contributed by atoms with Gasteiger partial charge in [0.1, 0.15) is 11.2 Å². The van der Waals surface area contributed by atoms with E-state index in [1.807, 2.05) is 11.4 Å². The van der Waals surface area contributed by atoms with Gasteiger partial charge in [-0.1, -0.05) is 0 Å². The number of nitrogens with zero attached hydrogens (tertiary/aromatic N) is 2. The number of anilines is 1. The van der Waals surface area contributed by atoms with Gasteiger partial charge in [0, 0.05) is 6.07 Å². The maximum absolute atomic E-state index is 13.6. The lowest BCUT2D eigenvalue weighted by molar-refractivity contribution is -0.384. The summed E-state index contributed by atoms with van der Waals surface area (Å²) in [5, 5.41) is 21.8. The van der Waals surface area contributed by atoms with Crippen LogP contribution in [0, 0.1) is 38.5 Å². The minimum absolute atomic E-state index is 0.311. The molecule has 6 nitrogen and oxygen atoms in total. The first-order valence-corrected chi connectivity index (χ1v) is 5.76. The molecule has 0 unspecified atom stereocenters. The second-order valence-electron chi connectivity index (χ2n) is 4.54. The van der Waals surface area contributed by atoms with E-state index in [1.165, 1.54) is 0 Å². The number of nitrogens with one attached hydrogen (secondary N) is 1. The third-order valence-electron chi connectivity index (χ3n) is 3.33. The molecule has 1 saturated carbocycles. The molecule has 0 spiro atoms. The summed E-state index contributed by atoms with van der Waals surface area (Å²) in [4.78, 5) is 21.7. The zero-order valence-corrected chi connectivity index (χ0v) is 10.2. The van der Waals surface area contributed by atoms with Crippen molar-refractivity contribution >= 4 is 17.3 Å². The van der Waals surface area contributed by atoms with Gasteiger partial charge in [0.05, 0.1) is 17.1 Å². The van der Waals surface area contributed by atoms with E-state index < -0.39 is 39.3 Å². The molecule has 0 aliphatic heterocycles. The molecular weight excluding hydrogens is 272 g/mol. The Hall–Kier alpha value is -2.56. The van der Waals surface area contributed by atoms with Crippen LogP contribution in [0.1, 0.15) is 19.3 Å². The number of nitriles is 1. The summed E-state index contributed by atoms with van der Waals surface area (Å²) in [5.74, 6) is -3.18. The van der Waals surface area contributed by atoms with Gasteiger partial charge in [-0.3, -0.25) is 14.9 Å². The second kappa shape index (κ2) is 4.85. The Morgan fingerprint density at radius 2 is 2.10 bits per heavy atom. The summed E-state index contributed by atoms with van der Waals surface area (Å²) in [6.45, 7) is 0. The Balaban J connectivity index is 2.37. The fourth-order valence-corrected chi connectivity index (χ4v) is 1.98. The van der Waals surface area contributed by atoms with Crippen LogP contribution in [0.15, 0.2) is 12.1 Å². The average molecular weight is 281 g/mol. The molecule has 1 aromatic rings. The molecule has 1 fully saturated rings. The number of nitro groups is 1. The normalized spacial score (nSPS) is 15.8. The first-order chi connectivity index (χ1) is 9.39. The Kier molecular flexibility index (Phi) is 3.36. The van der Waals surface area contributed by atoms with Crippen LogP contribution in [0.5, 0.6) is 0 Å². The molecule has 0 heterocycles. The number of rotatable bonds is 3. The summed E-state index contributed by atoms with van der Waals surface area (Å²) in [6, 6.07) is 2.78. The Morgan fingerprint density at radius 1 is 1.45 bits per heavy atom. The van der Waals surface area contributed by atoms with E-state index in [0.29, 0.717) is 31.4 Å². The summed E-state index contributed by atoms with van der Waals surface area (Å²) >= 11 is 0. The molecule has 104 valence electrons. The lowest BCUT2D eigenvalue weighted by Gasteiger charge is -2.33. The van der Waals surface area contributed by atoms with E-state index in [2.05, 4.69) is 0 Å². The van der Waals surface area contributed by atoms with Crippen LogP contribution in [-0.4, -0.2) is 10.8 Å². The number of carbonyl (C=O) groups is 1. The number of nitro benzene ring substituents is 1. The highest BCUT2D eigenvalue weighted by atomic mass is 19.1. The zero-order valence-electron chi connectivity index (χ0n) is 10.2. The fraction of sp³-hybridized carbons (Fsp3) is 0.333. The summed E-state index contributed by atoms with van der Waals surface area (Å²) in [7, 11) is 0. The van der Waals surface area contributed by atoms with E-state index in [1.54, 1.807) is 0 Å². The van der Waals surface area contributed by atoms with Gasteiger partial charge >= 0.3 is 0 Å². The van der Waals surface area contributed by atoms with Crippen molar-refractivity contribution in [1.29, 1.82) is 5.26 Å². The number of hydrogen-bond donors (Lipinski definition) is 1. The van der Waals surface area contributed by atoms with Gasteiger partial charge in [-0.05, 0) is 19.3 Å². The highest BCUT2D eigenvalue weighted by molar-refractivity contribution is 5.99. The van der Waals surface area contributed by atoms with Gasteiger partial charge in [0.25, 0.3) is 5.69 Å². The molecule has 20 heavy (non-hydrogen) atoms. The molecule has 0 aromatic heterocycles. The maximum Gasteiger partial charge on any atom is 0.298 e. The van der Waals surface area contributed by atoms with E-state index in [4.69, 9.17) is 5.26 Å². The monoisotopic (exact) mass is 281 g/mol. The molecule has 0 saturated heterocycles. The smallest absolute Gasteiger partial charge is 0.298 e. The molecule has 1 aliphatic rings. The first-order valence-electron chi connectivity index (χ1n) is 5.76. The van der Waals surface area contributed by atoms with E-state index >= 15 is 0 Å². The third-order valence-corrected chi connectivity index (χ3v) is 3.33. The summed E-state index contributed by atoms with van der Waals surface area (Å²) in [5.41, 5.74) is -2.89. The number of halogens is 2. The topological polar surface area (TPSA) is 96.0 Å². The quantitative estimate of drug-likeness (QED) is 0.680. The van der Waals surface area contributed by atoms with Crippen LogP contribution in [0.2, 0.25) is 0 Å². The Labute approximate surface area is 112 Å². The van der Waals surface area contributed by atoms with Crippen LogP contribution in [0.3, 0.4) is 0 Å². The number of hydrogen-bond acceptors (Lipinski definition) is 4. The van der Waals surface area contributed by atoms with Crippen LogP contribution in [0.25, 0.3) is 0 Å². The molecule has 1 aliphatic carbocycles. The van der Waals surface area contributed by atoms with Crippen molar-refractivity contribution in [3.63, 3.8) is 0 Å². The molecule has 0 bridgehead atoms. The largest absolute Gasteiger partial charge is 0.317 e. The molecule has 8 heteroatoms. The van der Waals surface area contributed by atoms with Crippen molar-refractivity contribution < 1.29 is 18.5 Å². The van der Waals surface area contributed by atoms with E-state index in [0.717, 1.165) is 0 Å². The molecular formula is C12H9F2N3O3. The number of amides is 1. The maximum atomic E-state index is 13.6. The van der Waals surface area contributed by atoms with Gasteiger partial charge < -0.3 is 5.32 Å². The molecule has 0 atom stereocenters. The SMILES string of the molecule is N#CC1(C(=O)Nc2c(F)cc(F)cc2[N+](=O)[O-])CCC1. The van der Waals surface area contributed by atoms with Crippen molar-refractivity contribution in [3.05, 3.63) is 33.9 Å². The Bertz CT molecular complexity index is 636. The predicted molar refractivity (Wildman–Crippen MR) is 63.5 cm³/mol. The summed E-state index contributed by atoms with van der Waals surface area (Å²) in [6.07, 6.45) is 1.30. The predicted octanol–water partition coefficient (Wildman–Crippen LogP) is 2.51. The fourth-order valence-electron chi connectivity index (χ4n) is 1.98. The summed E-state index contributed by atoms with van der Waals surface area (Å²) < 4.78 is 26.6. The lowest BCUT2D eigenvalue weighted by Crippen LogP contribution is -2.41. The highest BCUT2D eigenvalue weighted by Crippen LogP contribution is 2.42. The molecule has 0 radical (unpaired) electrons. The number of carbonyl (C=O) groups excluding carboxylic acids is 1. The minimum Gasteiger partial charge on any atom is -0.317 e. The van der Waals surface area contributed by atoms with Crippen molar-refractivity contribution in [2.75, 3.05) is 5.32 Å². The van der Waals surface area contributed by atoms with Gasteiger partial charge in [-0.15, -0.1) is 0 Å². The second-order valence-corrected chi connectivity index (χ2v) is 4.54. The van der Waals surface area contributed by atoms with Crippen LogP contribution < -0.4 is 5.32 Å². The van der Waals surface area contributed by atoms with Crippen molar-refractivity contribution in [2.45, 2.75) is 19.3 Å². The van der Waals surface area contributed by atoms with Crippen LogP contribution in [-0.2, 0) is 4.79 Å². The van der Waals surface area contributed by atoms with Crippen molar-refractivity contribution in [1.82, 2.24) is 0 Å². The highest BCUT2D eigenvalue weighted by Gasteiger charge is 2.45. The molecule has 2 rings (SSSR count). The first kappa shape index (κ1) is 13.9. The minimum atomic E-state index is -1.28. The van der Waals surface area contributed by atoms with E-state index in [-0.39, 0.29) is 0 Å². The van der Waals surface area contributed by atoms with Gasteiger partial charge in [-0.25, -0.2) is 8.78 Å². The standard InChI is InChI=1S/C12H9F2N3O3/c13-7-4-8(14)10(9(5-7)17(19)20)16-11(18)12(6-15)2-1-3-12/h4-5H,1-3H2,(H,16,18). The third kappa shape index (κ3) is 2.18. The van der Waals surface area contributed by atoms with Crippen molar-refractivity contribution in [3.8, 4) is 6.07 Å². The lowest BCUT2D eigenvalue weighted by atomic mass is 9.69. The Morgan fingerprint density at radius 3 is 2.55 bits per heavy atom. The van der Waals surface area contributed by atoms with Crippen molar-refractivity contribution in [2.24, 2.45) is 5.41 Å². The van der Waals surface area contributed by atoms with E-state index in [9.17, 15) is 23.7 Å². The van der Waals surface area contributed by atoms with Gasteiger partial charge in [0.2, 0.25) is 5.91 Å². The molecule has 1 amide bonds. The van der Waals surface area contributed by atoms with Gasteiger partial charge in [-0.2, -0.15) is 5.26 Å².